The van der Waals surface area contributed by atoms with E-state index in [4.69, 9.17) is 4.42 Å². The Morgan fingerprint density at radius 3 is 3.05 bits per heavy atom. The molecule has 0 spiro atoms. The van der Waals surface area contributed by atoms with Crippen molar-refractivity contribution in [1.82, 2.24) is 15.2 Å². The fourth-order valence-corrected chi connectivity index (χ4v) is 3.02. The number of anilines is 1. The summed E-state index contributed by atoms with van der Waals surface area (Å²) in [6, 6.07) is 3.72. The molecule has 0 aliphatic carbocycles. The molecule has 0 saturated carbocycles. The molecular formula is C13H12N4O3S. The number of aromatic nitrogens is 3. The van der Waals surface area contributed by atoms with Crippen molar-refractivity contribution in [2.24, 2.45) is 0 Å². The van der Waals surface area contributed by atoms with Crippen molar-refractivity contribution in [2.45, 2.75) is 18.6 Å². The van der Waals surface area contributed by atoms with Gasteiger partial charge in [0, 0.05) is 37.5 Å². The maximum absolute atomic E-state index is 12.0. The zero-order chi connectivity index (χ0) is 14.8. The Hall–Kier alpha value is -2.22. The van der Waals surface area contributed by atoms with Crippen LogP contribution in [0.25, 0.3) is 11.5 Å². The topological polar surface area (TPSA) is 89.2 Å². The van der Waals surface area contributed by atoms with Crippen LogP contribution in [0.15, 0.2) is 28.9 Å². The Morgan fingerprint density at radius 1 is 1.48 bits per heavy atom. The molecular weight excluding hydrogens is 292 g/mol. The van der Waals surface area contributed by atoms with E-state index in [1.54, 1.807) is 24.5 Å². The van der Waals surface area contributed by atoms with Crippen LogP contribution in [0.2, 0.25) is 0 Å². The van der Waals surface area contributed by atoms with Crippen LogP contribution in [-0.4, -0.2) is 38.0 Å². The van der Waals surface area contributed by atoms with E-state index in [-0.39, 0.29) is 22.3 Å². The summed E-state index contributed by atoms with van der Waals surface area (Å²) in [5, 5.41) is 7.76. The van der Waals surface area contributed by atoms with Gasteiger partial charge in [-0.15, -0.1) is 5.10 Å². The van der Waals surface area contributed by atoms with Crippen LogP contribution >= 0.6 is 11.8 Å². The molecule has 0 radical (unpaired) electrons. The third-order valence-corrected chi connectivity index (χ3v) is 3.96. The van der Waals surface area contributed by atoms with Gasteiger partial charge in [-0.3, -0.25) is 19.5 Å². The van der Waals surface area contributed by atoms with Crippen molar-refractivity contribution < 1.29 is 14.0 Å². The molecule has 3 heterocycles. The summed E-state index contributed by atoms with van der Waals surface area (Å²) in [5.41, 5.74) is 0.692. The minimum absolute atomic E-state index is 0.00349. The van der Waals surface area contributed by atoms with E-state index in [1.807, 2.05) is 0 Å². The molecule has 1 saturated heterocycles. The van der Waals surface area contributed by atoms with E-state index in [1.165, 1.54) is 23.6 Å². The van der Waals surface area contributed by atoms with Gasteiger partial charge in [0.2, 0.25) is 5.91 Å². The summed E-state index contributed by atoms with van der Waals surface area (Å²) in [4.78, 5) is 28.5. The Morgan fingerprint density at radius 2 is 2.33 bits per heavy atom. The Bertz CT molecular complexity index is 673. The minimum Gasteiger partial charge on any atom is -0.403 e. The largest absolute Gasteiger partial charge is 0.403 e. The predicted molar refractivity (Wildman–Crippen MR) is 76.6 cm³/mol. The molecule has 2 aromatic rings. The van der Waals surface area contributed by atoms with E-state index < -0.39 is 0 Å². The first-order valence-electron chi connectivity index (χ1n) is 6.35. The highest BCUT2D eigenvalue weighted by Crippen LogP contribution is 2.29. The van der Waals surface area contributed by atoms with Gasteiger partial charge >= 0.3 is 6.01 Å². The standard InChI is InChI=1S/C13H12N4O3S/c1-8(18)21-10-5-11(19)17(7-10)13-16-15-12(20-13)9-3-2-4-14-6-9/h2-4,6,10H,5,7H2,1H3. The van der Waals surface area contributed by atoms with E-state index in [9.17, 15) is 9.59 Å². The number of nitrogens with zero attached hydrogens (tertiary/aromatic N) is 4. The lowest BCUT2D eigenvalue weighted by molar-refractivity contribution is -0.117. The number of pyridine rings is 1. The Labute approximate surface area is 124 Å². The van der Waals surface area contributed by atoms with Gasteiger partial charge in [-0.25, -0.2) is 0 Å². The number of hydrogen-bond acceptors (Lipinski definition) is 7. The molecule has 108 valence electrons. The average molecular weight is 304 g/mol. The normalized spacial score (nSPS) is 18.2. The summed E-state index contributed by atoms with van der Waals surface area (Å²) in [7, 11) is 0. The molecule has 7 nitrogen and oxygen atoms in total. The van der Waals surface area contributed by atoms with Gasteiger partial charge in [-0.2, -0.15) is 0 Å². The third kappa shape index (κ3) is 2.94. The van der Waals surface area contributed by atoms with Crippen LogP contribution in [0.1, 0.15) is 13.3 Å². The summed E-state index contributed by atoms with van der Waals surface area (Å²) >= 11 is 1.17. The Kier molecular flexibility index (Phi) is 3.70. The lowest BCUT2D eigenvalue weighted by Gasteiger charge is -2.09. The lowest BCUT2D eigenvalue weighted by Crippen LogP contribution is -2.25. The second kappa shape index (κ2) is 5.65. The van der Waals surface area contributed by atoms with E-state index >= 15 is 0 Å². The van der Waals surface area contributed by atoms with Crippen molar-refractivity contribution in [3.8, 4) is 11.5 Å². The highest BCUT2D eigenvalue weighted by Gasteiger charge is 2.34. The molecule has 21 heavy (non-hydrogen) atoms. The highest BCUT2D eigenvalue weighted by atomic mass is 32.2. The molecule has 3 rings (SSSR count). The predicted octanol–water partition coefficient (Wildman–Crippen LogP) is 1.52. The van der Waals surface area contributed by atoms with E-state index in [0.29, 0.717) is 24.4 Å². The van der Waals surface area contributed by atoms with E-state index in [0.717, 1.165) is 0 Å². The quantitative estimate of drug-likeness (QED) is 0.849. The molecule has 1 atom stereocenters. The number of rotatable bonds is 3. The minimum atomic E-state index is -0.116. The summed E-state index contributed by atoms with van der Waals surface area (Å²) in [6.07, 6.45) is 3.56. The van der Waals surface area contributed by atoms with Crippen LogP contribution in [0, 0.1) is 0 Å². The molecule has 1 fully saturated rings. The number of hydrogen-bond donors (Lipinski definition) is 0. The van der Waals surface area contributed by atoms with Gasteiger partial charge in [0.1, 0.15) is 0 Å². The van der Waals surface area contributed by atoms with Gasteiger partial charge < -0.3 is 4.42 Å². The van der Waals surface area contributed by atoms with Crippen molar-refractivity contribution in [2.75, 3.05) is 11.4 Å². The zero-order valence-electron chi connectivity index (χ0n) is 11.2. The fraction of sp³-hybridized carbons (Fsp3) is 0.308. The number of amides is 1. The van der Waals surface area contributed by atoms with Gasteiger partial charge in [-0.05, 0) is 12.1 Å². The maximum Gasteiger partial charge on any atom is 0.325 e. The van der Waals surface area contributed by atoms with Gasteiger partial charge in [-0.1, -0.05) is 16.9 Å². The van der Waals surface area contributed by atoms with Crippen molar-refractivity contribution in [3.05, 3.63) is 24.5 Å². The number of carbonyl (C=O) groups is 2. The maximum atomic E-state index is 12.0. The SMILES string of the molecule is CC(=O)SC1CC(=O)N(c2nnc(-c3cccnc3)o2)C1. The first-order chi connectivity index (χ1) is 10.1. The van der Waals surface area contributed by atoms with Crippen molar-refractivity contribution in [3.63, 3.8) is 0 Å². The molecule has 2 aromatic heterocycles. The van der Waals surface area contributed by atoms with Crippen LogP contribution in [-0.2, 0) is 9.59 Å². The first-order valence-corrected chi connectivity index (χ1v) is 7.23. The number of carbonyl (C=O) groups excluding carboxylic acids is 2. The zero-order valence-corrected chi connectivity index (χ0v) is 12.0. The highest BCUT2D eigenvalue weighted by molar-refractivity contribution is 8.14. The molecule has 0 bridgehead atoms. The smallest absolute Gasteiger partial charge is 0.325 e. The van der Waals surface area contributed by atoms with Crippen molar-refractivity contribution >= 4 is 28.8 Å². The third-order valence-electron chi connectivity index (χ3n) is 2.98. The molecule has 1 aliphatic rings. The average Bonchev–Trinajstić information content (AvgIpc) is 3.06. The molecule has 1 amide bonds. The summed E-state index contributed by atoms with van der Waals surface area (Å²) in [5.74, 6) is 0.198. The van der Waals surface area contributed by atoms with E-state index in [2.05, 4.69) is 15.2 Å². The molecule has 0 N–H and O–H groups in total. The first kappa shape index (κ1) is 13.7. The van der Waals surface area contributed by atoms with Crippen LogP contribution in [0.5, 0.6) is 0 Å². The second-order valence-electron chi connectivity index (χ2n) is 4.57. The summed E-state index contributed by atoms with van der Waals surface area (Å²) in [6.45, 7) is 1.89. The van der Waals surface area contributed by atoms with Crippen molar-refractivity contribution in [1.29, 1.82) is 0 Å². The molecule has 1 unspecified atom stereocenters. The Balaban J connectivity index is 1.78. The van der Waals surface area contributed by atoms with Crippen LogP contribution < -0.4 is 4.90 Å². The number of thioether (sulfide) groups is 1. The van der Waals surface area contributed by atoms with Gasteiger partial charge in [0.05, 0.1) is 5.56 Å². The second-order valence-corrected chi connectivity index (χ2v) is 6.05. The molecule has 1 aliphatic heterocycles. The fourth-order valence-electron chi connectivity index (χ4n) is 2.10. The van der Waals surface area contributed by atoms with Crippen LogP contribution in [0.4, 0.5) is 6.01 Å². The lowest BCUT2D eigenvalue weighted by atomic mass is 10.3. The van der Waals surface area contributed by atoms with Gasteiger partial charge in [0.25, 0.3) is 5.89 Å². The molecule has 0 aromatic carbocycles. The summed E-state index contributed by atoms with van der Waals surface area (Å²) < 4.78 is 5.53. The molecule has 8 heteroatoms. The van der Waals surface area contributed by atoms with Crippen LogP contribution in [0.3, 0.4) is 0 Å². The van der Waals surface area contributed by atoms with Gasteiger partial charge in [0.15, 0.2) is 5.12 Å². The monoisotopic (exact) mass is 304 g/mol.